The molecular formula is C13H27ClN4O2. The summed E-state index contributed by atoms with van der Waals surface area (Å²) >= 11 is 0. The molecule has 1 rings (SSSR count). The fourth-order valence-electron chi connectivity index (χ4n) is 2.18. The first-order valence-electron chi connectivity index (χ1n) is 6.99. The number of carbonyl (C=O) groups excluding carboxylic acids is 2. The van der Waals surface area contributed by atoms with E-state index in [9.17, 15) is 9.59 Å². The second kappa shape index (κ2) is 9.96. The normalized spacial score (nSPS) is 18.4. The molecule has 0 radical (unpaired) electrons. The number of hydrogen-bond donors (Lipinski definition) is 2. The lowest BCUT2D eigenvalue weighted by atomic mass is 10.1. The van der Waals surface area contributed by atoms with Gasteiger partial charge in [-0.05, 0) is 31.8 Å². The first-order valence-corrected chi connectivity index (χ1v) is 6.99. The molecule has 118 valence electrons. The van der Waals surface area contributed by atoms with Crippen molar-refractivity contribution < 1.29 is 9.59 Å². The average molecular weight is 307 g/mol. The van der Waals surface area contributed by atoms with Crippen molar-refractivity contribution in [2.75, 3.05) is 46.3 Å². The van der Waals surface area contributed by atoms with Crippen molar-refractivity contribution in [1.29, 1.82) is 0 Å². The third kappa shape index (κ3) is 6.54. The summed E-state index contributed by atoms with van der Waals surface area (Å²) in [6.07, 6.45) is 1.96. The Balaban J connectivity index is 0.00000361. The second-order valence-electron chi connectivity index (χ2n) is 5.23. The van der Waals surface area contributed by atoms with E-state index in [4.69, 9.17) is 5.73 Å². The molecule has 1 atom stereocenters. The highest BCUT2D eigenvalue weighted by Crippen LogP contribution is 2.14. The minimum Gasteiger partial charge on any atom is -0.355 e. The molecule has 0 aliphatic carbocycles. The molecule has 0 spiro atoms. The van der Waals surface area contributed by atoms with Crippen molar-refractivity contribution in [3.63, 3.8) is 0 Å². The van der Waals surface area contributed by atoms with Crippen LogP contribution in [0.3, 0.4) is 0 Å². The van der Waals surface area contributed by atoms with E-state index in [0.717, 1.165) is 25.9 Å². The Bertz CT molecular complexity index is 315. The van der Waals surface area contributed by atoms with Gasteiger partial charge in [0.1, 0.15) is 0 Å². The van der Waals surface area contributed by atoms with Crippen molar-refractivity contribution in [2.24, 2.45) is 11.7 Å². The van der Waals surface area contributed by atoms with Crippen LogP contribution < -0.4 is 11.1 Å². The number of carbonyl (C=O) groups is 2. The van der Waals surface area contributed by atoms with Crippen molar-refractivity contribution >= 4 is 24.2 Å². The molecule has 1 saturated heterocycles. The molecule has 0 bridgehead atoms. The minimum absolute atomic E-state index is 0. The Labute approximate surface area is 127 Å². The number of amides is 2. The van der Waals surface area contributed by atoms with E-state index >= 15 is 0 Å². The van der Waals surface area contributed by atoms with Crippen LogP contribution >= 0.6 is 12.4 Å². The van der Waals surface area contributed by atoms with Gasteiger partial charge >= 0.3 is 0 Å². The molecule has 3 N–H and O–H groups in total. The van der Waals surface area contributed by atoms with Crippen LogP contribution in [-0.4, -0.2) is 67.9 Å². The van der Waals surface area contributed by atoms with E-state index in [1.54, 1.807) is 7.05 Å². The monoisotopic (exact) mass is 306 g/mol. The zero-order valence-electron chi connectivity index (χ0n) is 12.4. The van der Waals surface area contributed by atoms with Gasteiger partial charge in [0.2, 0.25) is 11.8 Å². The Morgan fingerprint density at radius 2 is 2.15 bits per heavy atom. The molecule has 0 aromatic rings. The molecule has 0 aromatic carbocycles. The van der Waals surface area contributed by atoms with Gasteiger partial charge in [0.05, 0.1) is 13.1 Å². The van der Waals surface area contributed by atoms with Crippen molar-refractivity contribution in [3.8, 4) is 0 Å². The van der Waals surface area contributed by atoms with Crippen molar-refractivity contribution in [1.82, 2.24) is 15.1 Å². The first kappa shape index (κ1) is 19.1. The van der Waals surface area contributed by atoms with Gasteiger partial charge in [0.25, 0.3) is 0 Å². The Kier molecular flexibility index (Phi) is 9.54. The van der Waals surface area contributed by atoms with Crippen molar-refractivity contribution in [3.05, 3.63) is 0 Å². The summed E-state index contributed by atoms with van der Waals surface area (Å²) in [5.41, 5.74) is 5.62. The number of likely N-dealkylation sites (tertiary alicyclic amines) is 1. The van der Waals surface area contributed by atoms with E-state index < -0.39 is 0 Å². The number of likely N-dealkylation sites (N-methyl/N-ethyl adjacent to an activating group) is 1. The number of nitrogens with zero attached hydrogens (tertiary/aromatic N) is 2. The highest BCUT2D eigenvalue weighted by atomic mass is 35.5. The van der Waals surface area contributed by atoms with Crippen LogP contribution in [0.1, 0.15) is 19.8 Å². The summed E-state index contributed by atoms with van der Waals surface area (Å²) in [7, 11) is 1.67. The largest absolute Gasteiger partial charge is 0.355 e. The second-order valence-corrected chi connectivity index (χ2v) is 5.23. The number of nitrogens with one attached hydrogen (secondary N) is 1. The zero-order chi connectivity index (χ0) is 14.3. The lowest BCUT2D eigenvalue weighted by Crippen LogP contribution is -2.43. The van der Waals surface area contributed by atoms with Crippen LogP contribution in [-0.2, 0) is 9.59 Å². The lowest BCUT2D eigenvalue weighted by molar-refractivity contribution is -0.135. The van der Waals surface area contributed by atoms with Gasteiger partial charge in [0.15, 0.2) is 0 Å². The van der Waals surface area contributed by atoms with E-state index in [1.807, 2.05) is 6.92 Å². The maximum Gasteiger partial charge on any atom is 0.239 e. The summed E-state index contributed by atoms with van der Waals surface area (Å²) < 4.78 is 0. The summed E-state index contributed by atoms with van der Waals surface area (Å²) in [4.78, 5) is 27.1. The van der Waals surface area contributed by atoms with Crippen LogP contribution in [0.2, 0.25) is 0 Å². The summed E-state index contributed by atoms with van der Waals surface area (Å²) in [5, 5.41) is 2.76. The topological polar surface area (TPSA) is 78.7 Å². The number of rotatable bonds is 7. The smallest absolute Gasteiger partial charge is 0.239 e. The van der Waals surface area contributed by atoms with Gasteiger partial charge in [0, 0.05) is 20.1 Å². The van der Waals surface area contributed by atoms with Gasteiger partial charge in [-0.1, -0.05) is 6.92 Å². The van der Waals surface area contributed by atoms with Crippen LogP contribution in [0.15, 0.2) is 0 Å². The summed E-state index contributed by atoms with van der Waals surface area (Å²) in [5.74, 6) is 0.397. The highest BCUT2D eigenvalue weighted by Gasteiger charge is 2.24. The van der Waals surface area contributed by atoms with Crippen LogP contribution in [0.4, 0.5) is 0 Å². The molecule has 7 heteroatoms. The van der Waals surface area contributed by atoms with Gasteiger partial charge in [-0.15, -0.1) is 12.4 Å². The third-order valence-electron chi connectivity index (χ3n) is 3.44. The molecule has 1 aliphatic rings. The fraction of sp³-hybridized carbons (Fsp3) is 0.846. The van der Waals surface area contributed by atoms with Crippen molar-refractivity contribution in [2.45, 2.75) is 19.8 Å². The van der Waals surface area contributed by atoms with E-state index in [-0.39, 0.29) is 30.8 Å². The Morgan fingerprint density at radius 1 is 1.45 bits per heavy atom. The predicted molar refractivity (Wildman–Crippen MR) is 81.8 cm³/mol. The van der Waals surface area contributed by atoms with Gasteiger partial charge in [-0.2, -0.15) is 0 Å². The van der Waals surface area contributed by atoms with Crippen LogP contribution in [0.25, 0.3) is 0 Å². The SMILES string of the molecule is CCCNC(=O)CN(C)C(=O)CN1CCC(CN)C1.Cl. The Morgan fingerprint density at radius 3 is 2.70 bits per heavy atom. The average Bonchev–Trinajstić information content (AvgIpc) is 2.83. The maximum atomic E-state index is 12.0. The molecule has 0 aromatic heterocycles. The lowest BCUT2D eigenvalue weighted by Gasteiger charge is -2.21. The Hall–Kier alpha value is -0.850. The number of hydrogen-bond acceptors (Lipinski definition) is 4. The molecular weight excluding hydrogens is 280 g/mol. The van der Waals surface area contributed by atoms with Crippen LogP contribution in [0, 0.1) is 5.92 Å². The molecule has 0 saturated carbocycles. The number of halogens is 1. The number of nitrogens with two attached hydrogens (primary N) is 1. The summed E-state index contributed by atoms with van der Waals surface area (Å²) in [6.45, 7) is 5.66. The first-order chi connectivity index (χ1) is 9.06. The maximum absolute atomic E-state index is 12.0. The van der Waals surface area contributed by atoms with Gasteiger partial charge in [-0.25, -0.2) is 0 Å². The zero-order valence-corrected chi connectivity index (χ0v) is 13.2. The van der Waals surface area contributed by atoms with Crippen LogP contribution in [0.5, 0.6) is 0 Å². The van der Waals surface area contributed by atoms with E-state index in [1.165, 1.54) is 4.90 Å². The minimum atomic E-state index is -0.0982. The molecule has 1 unspecified atom stereocenters. The standard InChI is InChI=1S/C13H26N4O2.ClH/c1-3-5-15-12(18)9-16(2)13(19)10-17-6-4-11(7-14)8-17;/h11H,3-10,14H2,1-2H3,(H,15,18);1H. The predicted octanol–water partition coefficient (Wildman–Crippen LogP) is -0.327. The highest BCUT2D eigenvalue weighted by molar-refractivity contribution is 5.85. The van der Waals surface area contributed by atoms with E-state index in [2.05, 4.69) is 10.2 Å². The molecule has 1 fully saturated rings. The van der Waals surface area contributed by atoms with E-state index in [0.29, 0.717) is 25.6 Å². The quantitative estimate of drug-likeness (QED) is 0.675. The molecule has 6 nitrogen and oxygen atoms in total. The van der Waals surface area contributed by atoms with Gasteiger partial charge in [-0.3, -0.25) is 14.5 Å². The summed E-state index contributed by atoms with van der Waals surface area (Å²) in [6, 6.07) is 0. The molecule has 2 amide bonds. The third-order valence-corrected chi connectivity index (χ3v) is 3.44. The fourth-order valence-corrected chi connectivity index (χ4v) is 2.18. The molecule has 1 aliphatic heterocycles. The van der Waals surface area contributed by atoms with Gasteiger partial charge < -0.3 is 16.0 Å². The molecule has 20 heavy (non-hydrogen) atoms. The molecule has 1 heterocycles.